The molecular formula is C28H19F6N7O5S. The predicted molar refractivity (Wildman–Crippen MR) is 152 cm³/mol. The minimum Gasteiger partial charge on any atom is -0.475 e. The second-order valence-electron chi connectivity index (χ2n) is 9.32. The fourth-order valence-electron chi connectivity index (χ4n) is 3.85. The van der Waals surface area contributed by atoms with Gasteiger partial charge in [-0.3, -0.25) is 9.19 Å². The molecular weight excluding hydrogens is 660 g/mol. The van der Waals surface area contributed by atoms with Crippen molar-refractivity contribution >= 4 is 34.2 Å². The van der Waals surface area contributed by atoms with Crippen LogP contribution in [0.15, 0.2) is 53.8 Å². The van der Waals surface area contributed by atoms with Gasteiger partial charge >= 0.3 is 24.3 Å². The zero-order chi connectivity index (χ0) is 35.3. The number of aromatic nitrogens is 4. The molecule has 4 heterocycles. The monoisotopic (exact) mass is 679 g/mol. The average molecular weight is 680 g/mol. The van der Waals surface area contributed by atoms with E-state index >= 15 is 0 Å². The van der Waals surface area contributed by atoms with Crippen LogP contribution in [0.1, 0.15) is 25.0 Å². The number of nitrogens with zero attached hydrogens (tertiary/aromatic N) is 5. The highest BCUT2D eigenvalue weighted by Gasteiger charge is 2.39. The molecule has 244 valence electrons. The number of carboxylic acid groups (broad SMARTS) is 2. The number of imidazole rings is 1. The molecule has 1 aliphatic rings. The molecule has 1 aliphatic heterocycles. The quantitative estimate of drug-likeness (QED) is 0.168. The van der Waals surface area contributed by atoms with Gasteiger partial charge in [-0.2, -0.15) is 36.9 Å². The van der Waals surface area contributed by atoms with Crippen LogP contribution in [0.3, 0.4) is 0 Å². The van der Waals surface area contributed by atoms with Crippen molar-refractivity contribution in [2.45, 2.75) is 36.3 Å². The van der Waals surface area contributed by atoms with Crippen LogP contribution < -0.4 is 5.32 Å². The van der Waals surface area contributed by atoms with Crippen LogP contribution in [-0.2, 0) is 20.4 Å². The van der Waals surface area contributed by atoms with Gasteiger partial charge in [0.1, 0.15) is 17.3 Å². The Kier molecular flexibility index (Phi) is 10.7. The van der Waals surface area contributed by atoms with Crippen LogP contribution in [-0.4, -0.2) is 63.9 Å². The summed E-state index contributed by atoms with van der Waals surface area (Å²) in [6.45, 7) is 3.66. The molecule has 1 unspecified atom stereocenters. The summed E-state index contributed by atoms with van der Waals surface area (Å²) in [5.74, 6) is -4.50. The lowest BCUT2D eigenvalue weighted by Crippen LogP contribution is -2.21. The molecule has 0 radical (unpaired) electrons. The minimum atomic E-state index is -5.08. The van der Waals surface area contributed by atoms with Gasteiger partial charge in [-0.15, -0.1) is 0 Å². The standard InChI is InChI=1S/C24H17N7OS.2C2HF3O2/c1-13(2)33(32)16-8-14(10-25)20(15(9-16)11-26)24-30-21-17-5-7-27-12-19(17)29-23-18(22(21)31-24)4-3-6-28-23;2*3-2(4,5)1(6)7/h3-9,12-13H,1-2H3,(H,28,29)(H,30,31);2*(H,6,7). The zero-order valence-electron chi connectivity index (χ0n) is 23.7. The summed E-state index contributed by atoms with van der Waals surface area (Å²) in [4.78, 5) is 35.0. The highest BCUT2D eigenvalue weighted by atomic mass is 32.2. The Labute approximate surface area is 262 Å². The number of hydrogen-bond acceptors (Lipinski definition) is 9. The maximum Gasteiger partial charge on any atom is 0.490 e. The van der Waals surface area contributed by atoms with Crippen LogP contribution in [0.25, 0.3) is 33.9 Å². The number of hydrogen-bond donors (Lipinski definition) is 4. The summed E-state index contributed by atoms with van der Waals surface area (Å²) in [5, 5.41) is 37.2. The number of alkyl halides is 6. The van der Waals surface area contributed by atoms with E-state index in [0.29, 0.717) is 27.8 Å². The maximum atomic E-state index is 12.6. The van der Waals surface area contributed by atoms with E-state index in [-0.39, 0.29) is 16.4 Å². The van der Waals surface area contributed by atoms with Crippen molar-refractivity contribution in [3.8, 4) is 46.0 Å². The lowest BCUT2D eigenvalue weighted by atomic mass is 10.0. The molecule has 0 saturated carbocycles. The smallest absolute Gasteiger partial charge is 0.475 e. The Morgan fingerprint density at radius 1 is 0.936 bits per heavy atom. The van der Waals surface area contributed by atoms with Crippen molar-refractivity contribution in [2.75, 3.05) is 5.32 Å². The lowest BCUT2D eigenvalue weighted by Gasteiger charge is -2.10. The average Bonchev–Trinajstić information content (AvgIpc) is 3.39. The summed E-state index contributed by atoms with van der Waals surface area (Å²) in [7, 11) is -1.33. The van der Waals surface area contributed by atoms with E-state index in [4.69, 9.17) is 24.8 Å². The Hall–Kier alpha value is -5.82. The van der Waals surface area contributed by atoms with E-state index in [9.17, 15) is 41.1 Å². The highest BCUT2D eigenvalue weighted by Crippen LogP contribution is 2.43. The molecule has 0 fully saturated rings. The molecule has 5 rings (SSSR count). The van der Waals surface area contributed by atoms with Crippen LogP contribution in [0, 0.1) is 22.7 Å². The molecule has 1 atom stereocenters. The number of benzene rings is 1. The summed E-state index contributed by atoms with van der Waals surface area (Å²) < 4.78 is 76.1. The second kappa shape index (κ2) is 14.1. The van der Waals surface area contributed by atoms with Gasteiger partial charge in [0.2, 0.25) is 0 Å². The highest BCUT2D eigenvalue weighted by molar-refractivity contribution is 7.85. The molecule has 0 aliphatic carbocycles. The first kappa shape index (κ1) is 35.7. The number of rotatable bonds is 3. The second-order valence-corrected chi connectivity index (χ2v) is 11.3. The van der Waals surface area contributed by atoms with Gasteiger partial charge in [0.05, 0.1) is 57.2 Å². The van der Waals surface area contributed by atoms with E-state index < -0.39 is 35.1 Å². The number of nitrogens with one attached hydrogen (secondary N) is 2. The van der Waals surface area contributed by atoms with Crippen molar-refractivity contribution in [2.24, 2.45) is 0 Å². The minimum absolute atomic E-state index is 0.143. The summed E-state index contributed by atoms with van der Waals surface area (Å²) in [5.41, 5.74) is 4.61. The molecule has 4 aromatic rings. The van der Waals surface area contributed by atoms with E-state index in [2.05, 4.69) is 32.4 Å². The van der Waals surface area contributed by atoms with Crippen molar-refractivity contribution in [3.05, 3.63) is 60.0 Å². The number of fused-ring (bicyclic) bond motifs is 5. The maximum absolute atomic E-state index is 12.6. The number of aliphatic carboxylic acids is 2. The predicted octanol–water partition coefficient (Wildman–Crippen LogP) is 5.78. The number of carbonyl (C=O) groups is 2. The summed E-state index contributed by atoms with van der Waals surface area (Å²) in [6.07, 6.45) is -5.08. The Balaban J connectivity index is 0.000000360. The summed E-state index contributed by atoms with van der Waals surface area (Å²) in [6, 6.07) is 13.1. The van der Waals surface area contributed by atoms with Gasteiger partial charge in [-0.05, 0) is 30.3 Å². The molecule has 0 amide bonds. The van der Waals surface area contributed by atoms with Crippen LogP contribution in [0.4, 0.5) is 37.8 Å². The molecule has 4 N–H and O–H groups in total. The third kappa shape index (κ3) is 8.27. The number of anilines is 2. The van der Waals surface area contributed by atoms with Gasteiger partial charge < -0.3 is 20.5 Å². The SMILES string of the molecule is CC(C)S(=O)c1cc(C#N)c(-c2nc3c([nH]2)-c2ccncc2Nc2ncccc2-3)c(C#N)c1.O=C(O)C(F)(F)F.O=C(O)C(F)(F)F. The fraction of sp³-hybridized carbons (Fsp3) is 0.179. The molecule has 3 aromatic heterocycles. The van der Waals surface area contributed by atoms with E-state index in [1.54, 1.807) is 30.7 Å². The topological polar surface area (TPSA) is 206 Å². The van der Waals surface area contributed by atoms with Crippen molar-refractivity contribution in [1.29, 1.82) is 10.5 Å². The van der Waals surface area contributed by atoms with Crippen LogP contribution >= 0.6 is 0 Å². The number of carboxylic acids is 2. The van der Waals surface area contributed by atoms with Gasteiger partial charge in [0.15, 0.2) is 0 Å². The molecule has 0 saturated heterocycles. The van der Waals surface area contributed by atoms with Crippen LogP contribution in [0.2, 0.25) is 0 Å². The number of H-pyrrole nitrogens is 1. The van der Waals surface area contributed by atoms with Crippen molar-refractivity contribution < 1.29 is 50.4 Å². The van der Waals surface area contributed by atoms with E-state index in [1.165, 1.54) is 0 Å². The molecule has 1 aromatic carbocycles. The summed E-state index contributed by atoms with van der Waals surface area (Å²) >= 11 is 0. The number of aromatic amines is 1. The largest absolute Gasteiger partial charge is 0.490 e. The van der Waals surface area contributed by atoms with Crippen LogP contribution in [0.5, 0.6) is 0 Å². The Morgan fingerprint density at radius 2 is 1.49 bits per heavy atom. The third-order valence-corrected chi connectivity index (χ3v) is 7.40. The molecule has 0 spiro atoms. The number of nitriles is 2. The molecule has 12 nitrogen and oxygen atoms in total. The zero-order valence-corrected chi connectivity index (χ0v) is 24.5. The molecule has 19 heteroatoms. The molecule has 47 heavy (non-hydrogen) atoms. The van der Waals surface area contributed by atoms with Crippen molar-refractivity contribution in [3.63, 3.8) is 0 Å². The Morgan fingerprint density at radius 3 is 1.98 bits per heavy atom. The number of halogens is 6. The van der Waals surface area contributed by atoms with Gasteiger partial charge in [0.25, 0.3) is 0 Å². The normalized spacial score (nSPS) is 12.1. The van der Waals surface area contributed by atoms with Gasteiger partial charge in [-0.25, -0.2) is 19.6 Å². The third-order valence-electron chi connectivity index (χ3n) is 5.85. The molecule has 0 bridgehead atoms. The first-order valence-electron chi connectivity index (χ1n) is 12.7. The van der Waals surface area contributed by atoms with E-state index in [1.807, 2.05) is 32.0 Å². The fourth-order valence-corrected chi connectivity index (χ4v) is 4.86. The first-order chi connectivity index (χ1) is 21.9. The van der Waals surface area contributed by atoms with Gasteiger partial charge in [0, 0.05) is 33.7 Å². The Bertz CT molecular complexity index is 1820. The van der Waals surface area contributed by atoms with Gasteiger partial charge in [-0.1, -0.05) is 13.8 Å². The van der Waals surface area contributed by atoms with Crippen molar-refractivity contribution in [1.82, 2.24) is 19.9 Å². The van der Waals surface area contributed by atoms with E-state index in [0.717, 1.165) is 22.5 Å². The lowest BCUT2D eigenvalue weighted by molar-refractivity contribution is -0.193. The number of pyridine rings is 2. The first-order valence-corrected chi connectivity index (χ1v) is 13.9.